The Kier molecular flexibility index (Phi) is 8.32. The largest absolute Gasteiger partial charge is 0.489 e. The summed E-state index contributed by atoms with van der Waals surface area (Å²) in [6, 6.07) is 15.5. The maximum Gasteiger partial charge on any atom is 0.434 e. The van der Waals surface area contributed by atoms with Crippen LogP contribution < -0.4 is 9.47 Å². The van der Waals surface area contributed by atoms with Crippen molar-refractivity contribution in [2.24, 2.45) is 5.92 Å². The van der Waals surface area contributed by atoms with Crippen molar-refractivity contribution in [3.63, 3.8) is 0 Å². The van der Waals surface area contributed by atoms with Crippen molar-refractivity contribution in [2.45, 2.75) is 44.4 Å². The Bertz CT molecular complexity index is 2070. The van der Waals surface area contributed by atoms with Gasteiger partial charge in [0.2, 0.25) is 0 Å². The Hall–Kier alpha value is -4.72. The summed E-state index contributed by atoms with van der Waals surface area (Å²) in [4.78, 5) is 8.40. The third-order valence-electron chi connectivity index (χ3n) is 7.61. The average Bonchev–Trinajstić information content (AvgIpc) is 3.63. The summed E-state index contributed by atoms with van der Waals surface area (Å²) in [5.41, 5.74) is 1.23. The van der Waals surface area contributed by atoms with Crippen molar-refractivity contribution in [1.29, 1.82) is 0 Å². The van der Waals surface area contributed by atoms with Crippen molar-refractivity contribution in [3.8, 4) is 50.9 Å². The van der Waals surface area contributed by atoms with Crippen LogP contribution in [0.3, 0.4) is 0 Å². The lowest BCUT2D eigenvalue weighted by Gasteiger charge is -2.15. The lowest BCUT2D eigenvalue weighted by Crippen LogP contribution is -2.06. The smallest absolute Gasteiger partial charge is 0.434 e. The number of aromatic nitrogens is 3. The zero-order chi connectivity index (χ0) is 33.7. The summed E-state index contributed by atoms with van der Waals surface area (Å²) in [7, 11) is -3.54. The van der Waals surface area contributed by atoms with E-state index in [4.69, 9.17) is 9.15 Å². The Labute approximate surface area is 266 Å². The number of hydrogen-bond donors (Lipinski definition) is 0. The second kappa shape index (κ2) is 12.1. The lowest BCUT2D eigenvalue weighted by atomic mass is 9.98. The first-order chi connectivity index (χ1) is 22.2. The number of nitrogens with zero attached hydrogens (tertiary/aromatic N) is 3. The third kappa shape index (κ3) is 7.02. The number of imidazole rings is 1. The van der Waals surface area contributed by atoms with Gasteiger partial charge in [0.25, 0.3) is 0 Å². The normalized spacial score (nSPS) is 13.7. The van der Waals surface area contributed by atoms with Crippen LogP contribution in [0.2, 0.25) is 0 Å². The van der Waals surface area contributed by atoms with Gasteiger partial charge in [-0.05, 0) is 79.3 Å². The SMILES string of the molecule is Cc1nc(-c2cc(-c3cccc(S(C)(=O)=O)c3)ccc2-n2cc(C(F)(F)F)nc2C)c(-c2ccc(OC(F)F)c(OCC3CC3)c2)o1. The van der Waals surface area contributed by atoms with Crippen LogP contribution in [0.5, 0.6) is 11.5 Å². The fraction of sp³-hybridized carbons (Fsp3) is 0.273. The maximum atomic E-state index is 13.7. The summed E-state index contributed by atoms with van der Waals surface area (Å²) < 4.78 is 110. The Balaban J connectivity index is 1.54. The highest BCUT2D eigenvalue weighted by molar-refractivity contribution is 7.90. The van der Waals surface area contributed by atoms with E-state index in [9.17, 15) is 30.4 Å². The van der Waals surface area contributed by atoms with Gasteiger partial charge in [-0.3, -0.25) is 0 Å². The Morgan fingerprint density at radius 2 is 1.68 bits per heavy atom. The number of ether oxygens (including phenoxy) is 2. The molecule has 0 atom stereocenters. The fourth-order valence-electron chi connectivity index (χ4n) is 5.13. The first-order valence-corrected chi connectivity index (χ1v) is 16.3. The minimum absolute atomic E-state index is 0.0522. The molecule has 2 aromatic heterocycles. The second-order valence-corrected chi connectivity index (χ2v) is 13.3. The van der Waals surface area contributed by atoms with Crippen LogP contribution in [-0.2, 0) is 16.0 Å². The molecule has 0 bridgehead atoms. The van der Waals surface area contributed by atoms with Gasteiger partial charge in [-0.1, -0.05) is 18.2 Å². The molecule has 14 heteroatoms. The Morgan fingerprint density at radius 3 is 2.34 bits per heavy atom. The number of oxazole rings is 1. The lowest BCUT2D eigenvalue weighted by molar-refractivity contribution is -0.141. The highest BCUT2D eigenvalue weighted by atomic mass is 32.2. The van der Waals surface area contributed by atoms with Crippen molar-refractivity contribution < 1.29 is 44.3 Å². The van der Waals surface area contributed by atoms with Crippen molar-refractivity contribution in [2.75, 3.05) is 12.9 Å². The standard InChI is InChI=1S/C33H28F5N3O5S/c1-18-39-29(33(36,37)38)16-41(18)26-11-9-22(21-5-4-6-24(13-21)47(3,42)43)14-25(26)30-31(45-19(2)40-30)23-10-12-27(46-32(34)35)28(15-23)44-17-20-7-8-20/h4-6,9-16,20,32H,7-8,17H2,1-3H3. The zero-order valence-electron chi connectivity index (χ0n) is 25.3. The summed E-state index contributed by atoms with van der Waals surface area (Å²) in [5, 5.41) is 0. The molecule has 0 saturated heterocycles. The zero-order valence-corrected chi connectivity index (χ0v) is 26.1. The maximum absolute atomic E-state index is 13.7. The van der Waals surface area contributed by atoms with E-state index >= 15 is 0 Å². The molecule has 1 aliphatic rings. The van der Waals surface area contributed by atoms with Gasteiger partial charge >= 0.3 is 12.8 Å². The molecule has 1 fully saturated rings. The molecule has 1 aliphatic carbocycles. The topological polar surface area (TPSA) is 96.5 Å². The van der Waals surface area contributed by atoms with E-state index in [1.54, 1.807) is 37.3 Å². The monoisotopic (exact) mass is 673 g/mol. The number of benzene rings is 3. The van der Waals surface area contributed by atoms with Gasteiger partial charge in [0, 0.05) is 30.5 Å². The third-order valence-corrected chi connectivity index (χ3v) is 8.72. The number of halogens is 5. The molecule has 2 heterocycles. The van der Waals surface area contributed by atoms with E-state index < -0.39 is 28.3 Å². The summed E-state index contributed by atoms with van der Waals surface area (Å²) >= 11 is 0. The van der Waals surface area contributed by atoms with Gasteiger partial charge in [-0.15, -0.1) is 0 Å². The first-order valence-electron chi connectivity index (χ1n) is 14.5. The molecule has 0 aliphatic heterocycles. The molecule has 1 saturated carbocycles. The van der Waals surface area contributed by atoms with E-state index in [2.05, 4.69) is 14.7 Å². The molecule has 0 N–H and O–H groups in total. The van der Waals surface area contributed by atoms with Crippen LogP contribution in [0, 0.1) is 19.8 Å². The van der Waals surface area contributed by atoms with E-state index in [1.807, 2.05) is 0 Å². The molecule has 47 heavy (non-hydrogen) atoms. The molecular formula is C33H28F5N3O5S. The van der Waals surface area contributed by atoms with Crippen LogP contribution >= 0.6 is 0 Å². The molecule has 0 unspecified atom stereocenters. The summed E-state index contributed by atoms with van der Waals surface area (Å²) in [6.45, 7) is 0.252. The predicted octanol–water partition coefficient (Wildman–Crippen LogP) is 8.29. The molecule has 8 nitrogen and oxygen atoms in total. The second-order valence-electron chi connectivity index (χ2n) is 11.3. The molecule has 6 rings (SSSR count). The van der Waals surface area contributed by atoms with Crippen LogP contribution in [0.25, 0.3) is 39.4 Å². The van der Waals surface area contributed by atoms with E-state index in [-0.39, 0.29) is 45.3 Å². The van der Waals surface area contributed by atoms with Crippen LogP contribution in [-0.4, -0.2) is 42.4 Å². The first kappa shape index (κ1) is 32.2. The average molecular weight is 674 g/mol. The van der Waals surface area contributed by atoms with E-state index in [0.717, 1.165) is 25.3 Å². The summed E-state index contributed by atoms with van der Waals surface area (Å²) in [5.74, 6) is 0.687. The molecule has 0 amide bonds. The quantitative estimate of drug-likeness (QED) is 0.138. The van der Waals surface area contributed by atoms with E-state index in [0.29, 0.717) is 34.8 Å². The molecule has 3 aromatic carbocycles. The van der Waals surface area contributed by atoms with Crippen LogP contribution in [0.1, 0.15) is 30.3 Å². The van der Waals surface area contributed by atoms with Gasteiger partial charge in [0.05, 0.1) is 17.2 Å². The minimum atomic E-state index is -4.70. The number of rotatable bonds is 10. The van der Waals surface area contributed by atoms with E-state index in [1.165, 1.54) is 41.8 Å². The van der Waals surface area contributed by atoms with Crippen LogP contribution in [0.15, 0.2) is 76.2 Å². The van der Waals surface area contributed by atoms with Gasteiger partial charge < -0.3 is 18.5 Å². The molecule has 0 spiro atoms. The number of sulfone groups is 1. The van der Waals surface area contributed by atoms with Crippen molar-refractivity contribution >= 4 is 9.84 Å². The molecule has 5 aromatic rings. The molecular weight excluding hydrogens is 645 g/mol. The molecule has 0 radical (unpaired) electrons. The van der Waals surface area contributed by atoms with Gasteiger partial charge in [-0.25, -0.2) is 18.4 Å². The fourth-order valence-corrected chi connectivity index (χ4v) is 5.79. The van der Waals surface area contributed by atoms with Crippen molar-refractivity contribution in [1.82, 2.24) is 14.5 Å². The number of hydrogen-bond acceptors (Lipinski definition) is 7. The van der Waals surface area contributed by atoms with Gasteiger partial charge in [0.1, 0.15) is 11.5 Å². The summed E-state index contributed by atoms with van der Waals surface area (Å²) in [6.07, 6.45) is -0.800. The minimum Gasteiger partial charge on any atom is -0.489 e. The number of alkyl halides is 5. The van der Waals surface area contributed by atoms with Gasteiger partial charge in [0.15, 0.2) is 38.7 Å². The predicted molar refractivity (Wildman–Crippen MR) is 162 cm³/mol. The Morgan fingerprint density at radius 1 is 0.957 bits per heavy atom. The van der Waals surface area contributed by atoms with Crippen LogP contribution in [0.4, 0.5) is 22.0 Å². The van der Waals surface area contributed by atoms with Gasteiger partial charge in [-0.2, -0.15) is 22.0 Å². The van der Waals surface area contributed by atoms with Crippen molar-refractivity contribution in [3.05, 3.63) is 84.3 Å². The number of aryl methyl sites for hydroxylation is 2. The molecule has 246 valence electrons. The highest BCUT2D eigenvalue weighted by Crippen LogP contribution is 2.42. The highest BCUT2D eigenvalue weighted by Gasteiger charge is 2.35.